The molecule has 1 aliphatic heterocycles. The van der Waals surface area contributed by atoms with Crippen LogP contribution in [0.25, 0.3) is 11.3 Å². The first-order chi connectivity index (χ1) is 13.2. The first-order valence-corrected chi connectivity index (χ1v) is 9.26. The standard InChI is InChI=1S/C20H24N6O/c1-25(14-16-13-18(24-23-16)15-5-3-2-4-6-15)20-21-10-7-19(22-20)26-11-8-17(27)9-12-26/h2-7,10,13,17,27H,8-9,11-12,14H2,1H3,(H,23,24). The van der Waals surface area contributed by atoms with E-state index in [1.165, 1.54) is 0 Å². The van der Waals surface area contributed by atoms with E-state index in [0.717, 1.165) is 48.7 Å². The molecule has 4 rings (SSSR count). The largest absolute Gasteiger partial charge is 0.393 e. The second-order valence-electron chi connectivity index (χ2n) is 6.93. The zero-order valence-electron chi connectivity index (χ0n) is 15.4. The third kappa shape index (κ3) is 4.09. The lowest BCUT2D eigenvalue weighted by molar-refractivity contribution is 0.145. The Hall–Kier alpha value is -2.93. The van der Waals surface area contributed by atoms with Gasteiger partial charge in [0.25, 0.3) is 0 Å². The highest BCUT2D eigenvalue weighted by Crippen LogP contribution is 2.21. The molecule has 7 heteroatoms. The fraction of sp³-hybridized carbons (Fsp3) is 0.350. The summed E-state index contributed by atoms with van der Waals surface area (Å²) in [6.45, 7) is 2.28. The van der Waals surface area contributed by atoms with Gasteiger partial charge in [0.1, 0.15) is 5.82 Å². The monoisotopic (exact) mass is 364 g/mol. The average Bonchev–Trinajstić information content (AvgIpc) is 3.18. The van der Waals surface area contributed by atoms with Gasteiger partial charge in [0, 0.05) is 31.9 Å². The summed E-state index contributed by atoms with van der Waals surface area (Å²) in [6, 6.07) is 14.1. The van der Waals surface area contributed by atoms with Crippen molar-refractivity contribution in [3.05, 3.63) is 54.4 Å². The van der Waals surface area contributed by atoms with Crippen LogP contribution in [-0.2, 0) is 6.54 Å². The van der Waals surface area contributed by atoms with Gasteiger partial charge in [-0.05, 0) is 25.0 Å². The SMILES string of the molecule is CN(Cc1cc(-c2ccccc2)n[nH]1)c1nccc(N2CCC(O)CC2)n1. The average molecular weight is 364 g/mol. The van der Waals surface area contributed by atoms with Crippen LogP contribution in [0.1, 0.15) is 18.5 Å². The first-order valence-electron chi connectivity index (χ1n) is 9.26. The first kappa shape index (κ1) is 17.5. The summed E-state index contributed by atoms with van der Waals surface area (Å²) in [4.78, 5) is 13.3. The van der Waals surface area contributed by atoms with Crippen molar-refractivity contribution in [1.82, 2.24) is 20.2 Å². The molecule has 0 radical (unpaired) electrons. The number of aromatic amines is 1. The number of anilines is 2. The van der Waals surface area contributed by atoms with Crippen LogP contribution >= 0.6 is 0 Å². The molecule has 0 atom stereocenters. The molecule has 1 saturated heterocycles. The van der Waals surface area contributed by atoms with E-state index in [4.69, 9.17) is 4.98 Å². The number of aliphatic hydroxyl groups is 1. The van der Waals surface area contributed by atoms with Crippen LogP contribution < -0.4 is 9.80 Å². The van der Waals surface area contributed by atoms with Gasteiger partial charge in [0.15, 0.2) is 0 Å². The number of benzene rings is 1. The lowest BCUT2D eigenvalue weighted by Gasteiger charge is -2.30. The molecule has 1 aromatic carbocycles. The van der Waals surface area contributed by atoms with Crippen molar-refractivity contribution >= 4 is 11.8 Å². The van der Waals surface area contributed by atoms with Gasteiger partial charge in [-0.1, -0.05) is 30.3 Å². The van der Waals surface area contributed by atoms with E-state index >= 15 is 0 Å². The highest BCUT2D eigenvalue weighted by Gasteiger charge is 2.19. The van der Waals surface area contributed by atoms with Crippen LogP contribution in [-0.4, -0.2) is 51.5 Å². The van der Waals surface area contributed by atoms with Crippen molar-refractivity contribution in [2.75, 3.05) is 29.9 Å². The summed E-state index contributed by atoms with van der Waals surface area (Å²) < 4.78 is 0. The molecule has 27 heavy (non-hydrogen) atoms. The maximum atomic E-state index is 9.69. The smallest absolute Gasteiger partial charge is 0.227 e. The summed E-state index contributed by atoms with van der Waals surface area (Å²) in [7, 11) is 1.97. The van der Waals surface area contributed by atoms with Gasteiger partial charge in [-0.25, -0.2) is 4.98 Å². The van der Waals surface area contributed by atoms with Gasteiger partial charge in [0.2, 0.25) is 5.95 Å². The zero-order chi connectivity index (χ0) is 18.6. The van der Waals surface area contributed by atoms with Crippen LogP contribution in [0.5, 0.6) is 0 Å². The van der Waals surface area contributed by atoms with Crippen LogP contribution in [0.4, 0.5) is 11.8 Å². The minimum absolute atomic E-state index is 0.190. The molecule has 3 aromatic rings. The molecule has 3 heterocycles. The Balaban J connectivity index is 1.45. The van der Waals surface area contributed by atoms with Gasteiger partial charge in [0.05, 0.1) is 24.0 Å². The molecular weight excluding hydrogens is 340 g/mol. The second kappa shape index (κ2) is 7.75. The number of hydrogen-bond acceptors (Lipinski definition) is 6. The lowest BCUT2D eigenvalue weighted by Crippen LogP contribution is -2.36. The van der Waals surface area contributed by atoms with E-state index in [-0.39, 0.29) is 6.10 Å². The molecule has 0 spiro atoms. The Morgan fingerprint density at radius 3 is 2.74 bits per heavy atom. The van der Waals surface area contributed by atoms with Gasteiger partial charge >= 0.3 is 0 Å². The fourth-order valence-corrected chi connectivity index (χ4v) is 3.32. The fourth-order valence-electron chi connectivity index (χ4n) is 3.32. The quantitative estimate of drug-likeness (QED) is 0.724. The van der Waals surface area contributed by atoms with E-state index in [1.54, 1.807) is 6.20 Å². The number of hydrogen-bond donors (Lipinski definition) is 2. The van der Waals surface area contributed by atoms with E-state index in [1.807, 2.05) is 48.3 Å². The summed E-state index contributed by atoms with van der Waals surface area (Å²) >= 11 is 0. The summed E-state index contributed by atoms with van der Waals surface area (Å²) in [5, 5.41) is 17.2. The molecule has 0 amide bonds. The van der Waals surface area contributed by atoms with Crippen LogP contribution in [0.15, 0.2) is 48.7 Å². The zero-order valence-corrected chi connectivity index (χ0v) is 15.4. The van der Waals surface area contributed by atoms with Crippen molar-refractivity contribution in [2.24, 2.45) is 0 Å². The third-order valence-electron chi connectivity index (χ3n) is 4.87. The number of H-pyrrole nitrogens is 1. The van der Waals surface area contributed by atoms with Crippen molar-refractivity contribution in [2.45, 2.75) is 25.5 Å². The normalized spacial score (nSPS) is 15.1. The number of rotatable bonds is 5. The van der Waals surface area contributed by atoms with E-state index in [0.29, 0.717) is 12.5 Å². The molecule has 2 N–H and O–H groups in total. The summed E-state index contributed by atoms with van der Waals surface area (Å²) in [6.07, 6.45) is 3.17. The number of nitrogens with one attached hydrogen (secondary N) is 1. The molecule has 7 nitrogen and oxygen atoms in total. The van der Waals surface area contributed by atoms with Crippen LogP contribution in [0.2, 0.25) is 0 Å². The number of nitrogens with zero attached hydrogens (tertiary/aromatic N) is 5. The molecule has 0 bridgehead atoms. The van der Waals surface area contributed by atoms with Crippen molar-refractivity contribution in [3.8, 4) is 11.3 Å². The minimum atomic E-state index is -0.190. The predicted molar refractivity (Wildman–Crippen MR) is 106 cm³/mol. The van der Waals surface area contributed by atoms with Gasteiger partial charge in [-0.3, -0.25) is 5.10 Å². The number of aliphatic hydroxyl groups excluding tert-OH is 1. The number of piperidine rings is 1. The molecule has 0 saturated carbocycles. The van der Waals surface area contributed by atoms with E-state index in [2.05, 4.69) is 26.1 Å². The van der Waals surface area contributed by atoms with Gasteiger partial charge < -0.3 is 14.9 Å². The predicted octanol–water partition coefficient (Wildman–Crippen LogP) is 2.46. The molecule has 1 aliphatic rings. The maximum Gasteiger partial charge on any atom is 0.227 e. The highest BCUT2D eigenvalue weighted by atomic mass is 16.3. The van der Waals surface area contributed by atoms with Crippen molar-refractivity contribution in [1.29, 1.82) is 0 Å². The Bertz CT molecular complexity index is 873. The Morgan fingerprint density at radius 1 is 1.19 bits per heavy atom. The van der Waals surface area contributed by atoms with Crippen LogP contribution in [0, 0.1) is 0 Å². The van der Waals surface area contributed by atoms with Crippen LogP contribution in [0.3, 0.4) is 0 Å². The molecule has 140 valence electrons. The molecule has 0 unspecified atom stereocenters. The van der Waals surface area contributed by atoms with E-state index in [9.17, 15) is 5.11 Å². The second-order valence-corrected chi connectivity index (χ2v) is 6.93. The van der Waals surface area contributed by atoms with Crippen molar-refractivity contribution < 1.29 is 5.11 Å². The summed E-state index contributed by atoms with van der Waals surface area (Å²) in [5.74, 6) is 1.59. The summed E-state index contributed by atoms with van der Waals surface area (Å²) in [5.41, 5.74) is 3.03. The molecular formula is C20H24N6O. The Labute approximate surface area is 158 Å². The molecule has 2 aromatic heterocycles. The van der Waals surface area contributed by atoms with E-state index < -0.39 is 0 Å². The van der Waals surface area contributed by atoms with Gasteiger partial charge in [-0.2, -0.15) is 10.1 Å². The van der Waals surface area contributed by atoms with Gasteiger partial charge in [-0.15, -0.1) is 0 Å². The molecule has 0 aliphatic carbocycles. The topological polar surface area (TPSA) is 81.2 Å². The molecule has 1 fully saturated rings. The van der Waals surface area contributed by atoms with Crippen molar-refractivity contribution in [3.63, 3.8) is 0 Å². The number of aromatic nitrogens is 4. The Morgan fingerprint density at radius 2 is 1.96 bits per heavy atom. The third-order valence-corrected chi connectivity index (χ3v) is 4.87. The Kier molecular flexibility index (Phi) is 5.02. The maximum absolute atomic E-state index is 9.69. The lowest BCUT2D eigenvalue weighted by atomic mass is 10.1. The minimum Gasteiger partial charge on any atom is -0.393 e. The highest BCUT2D eigenvalue weighted by molar-refractivity contribution is 5.59.